The molecule has 0 fully saturated rings. The van der Waals surface area contributed by atoms with Crippen molar-refractivity contribution in [1.82, 2.24) is 15.0 Å². The van der Waals surface area contributed by atoms with Crippen LogP contribution in [0.1, 0.15) is 39.0 Å². The fraction of sp³-hybridized carbons (Fsp3) is 0.778. The second kappa shape index (κ2) is 5.75. The van der Waals surface area contributed by atoms with Gasteiger partial charge in [0.1, 0.15) is 0 Å². The molecular formula is C9H17N3. The first-order valence-corrected chi connectivity index (χ1v) is 4.77. The summed E-state index contributed by atoms with van der Waals surface area (Å²) in [5, 5.41) is 7.65. The first-order valence-electron chi connectivity index (χ1n) is 4.77. The fourth-order valence-electron chi connectivity index (χ4n) is 1.23. The number of unbranched alkanes of at least 4 members (excludes halogenated alkanes) is 4. The lowest BCUT2D eigenvalue weighted by atomic mass is 10.1. The van der Waals surface area contributed by atoms with Gasteiger partial charge in [0.2, 0.25) is 0 Å². The molecule has 12 heavy (non-hydrogen) atoms. The summed E-state index contributed by atoms with van der Waals surface area (Å²) in [4.78, 5) is 0. The molecule has 0 atom stereocenters. The van der Waals surface area contributed by atoms with Gasteiger partial charge in [-0.15, -0.1) is 5.10 Å². The number of rotatable bonds is 6. The summed E-state index contributed by atoms with van der Waals surface area (Å²) in [6.45, 7) is 3.25. The maximum atomic E-state index is 3.90. The van der Waals surface area contributed by atoms with Gasteiger partial charge in [0, 0.05) is 12.7 Å². The average molecular weight is 167 g/mol. The zero-order valence-electron chi connectivity index (χ0n) is 7.74. The Bertz CT molecular complexity index is 182. The van der Waals surface area contributed by atoms with E-state index in [0.29, 0.717) is 0 Å². The van der Waals surface area contributed by atoms with E-state index in [9.17, 15) is 0 Å². The zero-order valence-corrected chi connectivity index (χ0v) is 7.74. The lowest BCUT2D eigenvalue weighted by Gasteiger charge is -1.99. The molecule has 0 aliphatic rings. The van der Waals surface area contributed by atoms with Crippen LogP contribution in [0, 0.1) is 0 Å². The predicted molar refractivity (Wildman–Crippen MR) is 48.8 cm³/mol. The molecular weight excluding hydrogens is 150 g/mol. The maximum absolute atomic E-state index is 3.90. The van der Waals surface area contributed by atoms with Crippen LogP contribution in [0.5, 0.6) is 0 Å². The number of hydrogen-bond acceptors (Lipinski definition) is 2. The molecule has 3 heteroatoms. The van der Waals surface area contributed by atoms with Gasteiger partial charge in [0.05, 0.1) is 6.20 Å². The number of nitrogens with zero attached hydrogens (tertiary/aromatic N) is 3. The Balaban J connectivity index is 1.96. The minimum Gasteiger partial charge on any atom is -0.253 e. The summed E-state index contributed by atoms with van der Waals surface area (Å²) in [5.41, 5.74) is 0. The standard InChI is InChI=1S/C9H17N3/c1-2-3-4-5-6-8-12-9-7-10-11-12/h7,9H,2-6,8H2,1H3. The first kappa shape index (κ1) is 9.23. The van der Waals surface area contributed by atoms with Crippen LogP contribution in [0.4, 0.5) is 0 Å². The monoisotopic (exact) mass is 167 g/mol. The summed E-state index contributed by atoms with van der Waals surface area (Å²) in [6.07, 6.45) is 10.2. The van der Waals surface area contributed by atoms with Crippen molar-refractivity contribution < 1.29 is 0 Å². The minimum absolute atomic E-state index is 1.02. The van der Waals surface area contributed by atoms with Gasteiger partial charge in [-0.3, -0.25) is 4.68 Å². The summed E-state index contributed by atoms with van der Waals surface area (Å²) >= 11 is 0. The molecule has 0 saturated carbocycles. The Morgan fingerprint density at radius 1 is 1.17 bits per heavy atom. The third-order valence-electron chi connectivity index (χ3n) is 1.96. The van der Waals surface area contributed by atoms with Crippen molar-refractivity contribution in [3.63, 3.8) is 0 Å². The third-order valence-corrected chi connectivity index (χ3v) is 1.96. The molecule has 1 aromatic rings. The molecule has 0 aliphatic heterocycles. The third kappa shape index (κ3) is 3.51. The minimum atomic E-state index is 1.02. The Kier molecular flexibility index (Phi) is 4.42. The second-order valence-electron chi connectivity index (χ2n) is 3.08. The average Bonchev–Trinajstić information content (AvgIpc) is 2.57. The SMILES string of the molecule is CCCCCCCn1ccnn1. The van der Waals surface area contributed by atoms with E-state index in [1.807, 2.05) is 10.9 Å². The second-order valence-corrected chi connectivity index (χ2v) is 3.08. The van der Waals surface area contributed by atoms with Gasteiger partial charge in [0.25, 0.3) is 0 Å². The van der Waals surface area contributed by atoms with Crippen LogP contribution in [0.2, 0.25) is 0 Å². The molecule has 1 heterocycles. The summed E-state index contributed by atoms with van der Waals surface area (Å²) in [7, 11) is 0. The molecule has 0 unspecified atom stereocenters. The van der Waals surface area contributed by atoms with Crippen LogP contribution in [0.3, 0.4) is 0 Å². The normalized spacial score (nSPS) is 10.4. The lowest BCUT2D eigenvalue weighted by Crippen LogP contribution is -1.98. The van der Waals surface area contributed by atoms with Crippen molar-refractivity contribution in [2.75, 3.05) is 0 Å². The quantitative estimate of drug-likeness (QED) is 0.608. The van der Waals surface area contributed by atoms with Crippen molar-refractivity contribution in [3.8, 4) is 0 Å². The highest BCUT2D eigenvalue weighted by atomic mass is 15.4. The highest BCUT2D eigenvalue weighted by Gasteiger charge is 1.91. The molecule has 0 saturated heterocycles. The predicted octanol–water partition coefficient (Wildman–Crippen LogP) is 2.25. The van der Waals surface area contributed by atoms with E-state index < -0.39 is 0 Å². The molecule has 0 radical (unpaired) electrons. The Labute approximate surface area is 73.8 Å². The number of aromatic nitrogens is 3. The van der Waals surface area contributed by atoms with Gasteiger partial charge in [-0.1, -0.05) is 37.8 Å². The summed E-state index contributed by atoms with van der Waals surface area (Å²) in [6, 6.07) is 0. The van der Waals surface area contributed by atoms with Crippen LogP contribution in [-0.4, -0.2) is 15.0 Å². The smallest absolute Gasteiger partial charge is 0.0692 e. The van der Waals surface area contributed by atoms with Gasteiger partial charge in [-0.05, 0) is 6.42 Å². The molecule has 0 aliphatic carbocycles. The first-order chi connectivity index (χ1) is 5.93. The molecule has 1 aromatic heterocycles. The molecule has 0 bridgehead atoms. The Hall–Kier alpha value is -0.860. The molecule has 0 aromatic carbocycles. The van der Waals surface area contributed by atoms with Gasteiger partial charge in [-0.2, -0.15) is 0 Å². The van der Waals surface area contributed by atoms with Crippen molar-refractivity contribution in [3.05, 3.63) is 12.4 Å². The zero-order chi connectivity index (χ0) is 8.65. The highest BCUT2D eigenvalue weighted by molar-refractivity contribution is 4.63. The van der Waals surface area contributed by atoms with Crippen LogP contribution >= 0.6 is 0 Å². The lowest BCUT2D eigenvalue weighted by molar-refractivity contribution is 0.521. The van der Waals surface area contributed by atoms with E-state index >= 15 is 0 Å². The molecule has 0 amide bonds. The highest BCUT2D eigenvalue weighted by Crippen LogP contribution is 2.03. The van der Waals surface area contributed by atoms with E-state index in [4.69, 9.17) is 0 Å². The van der Waals surface area contributed by atoms with Gasteiger partial charge >= 0.3 is 0 Å². The molecule has 1 rings (SSSR count). The molecule has 0 N–H and O–H groups in total. The van der Waals surface area contributed by atoms with Crippen molar-refractivity contribution in [1.29, 1.82) is 0 Å². The topological polar surface area (TPSA) is 30.7 Å². The van der Waals surface area contributed by atoms with E-state index in [0.717, 1.165) is 6.54 Å². The Morgan fingerprint density at radius 3 is 2.67 bits per heavy atom. The van der Waals surface area contributed by atoms with E-state index in [1.54, 1.807) is 6.20 Å². The Morgan fingerprint density at radius 2 is 2.00 bits per heavy atom. The van der Waals surface area contributed by atoms with Crippen molar-refractivity contribution >= 4 is 0 Å². The van der Waals surface area contributed by atoms with Crippen molar-refractivity contribution in [2.45, 2.75) is 45.6 Å². The summed E-state index contributed by atoms with van der Waals surface area (Å²) < 4.78 is 1.89. The number of aryl methyl sites for hydroxylation is 1. The van der Waals surface area contributed by atoms with E-state index in [1.165, 1.54) is 32.1 Å². The number of hydrogen-bond donors (Lipinski definition) is 0. The van der Waals surface area contributed by atoms with Crippen LogP contribution in [0.25, 0.3) is 0 Å². The maximum Gasteiger partial charge on any atom is 0.0692 e. The van der Waals surface area contributed by atoms with Gasteiger partial charge in [0.15, 0.2) is 0 Å². The van der Waals surface area contributed by atoms with Gasteiger partial charge < -0.3 is 0 Å². The largest absolute Gasteiger partial charge is 0.253 e. The van der Waals surface area contributed by atoms with E-state index in [-0.39, 0.29) is 0 Å². The van der Waals surface area contributed by atoms with Crippen LogP contribution in [0.15, 0.2) is 12.4 Å². The van der Waals surface area contributed by atoms with Gasteiger partial charge in [-0.25, -0.2) is 0 Å². The van der Waals surface area contributed by atoms with Crippen LogP contribution < -0.4 is 0 Å². The fourth-order valence-corrected chi connectivity index (χ4v) is 1.23. The molecule has 68 valence electrons. The summed E-state index contributed by atoms with van der Waals surface area (Å²) in [5.74, 6) is 0. The van der Waals surface area contributed by atoms with Crippen molar-refractivity contribution in [2.24, 2.45) is 0 Å². The molecule has 3 nitrogen and oxygen atoms in total. The molecule has 0 spiro atoms. The van der Waals surface area contributed by atoms with Crippen LogP contribution in [-0.2, 0) is 6.54 Å². The van der Waals surface area contributed by atoms with E-state index in [2.05, 4.69) is 17.2 Å².